The molecule has 0 saturated heterocycles. The van der Waals surface area contributed by atoms with Crippen LogP contribution in [0.2, 0.25) is 5.15 Å². The van der Waals surface area contributed by atoms with Crippen molar-refractivity contribution in [3.63, 3.8) is 0 Å². The van der Waals surface area contributed by atoms with E-state index in [1.54, 1.807) is 25.3 Å². The molecule has 0 aliphatic carbocycles. The molecule has 0 radical (unpaired) electrons. The van der Waals surface area contributed by atoms with Gasteiger partial charge in [0, 0.05) is 29.4 Å². The SMILES string of the molecule is COc1cc2cc(C3=NN(C(=O)C(C)C)[C@@H](c4ccccc4)C3)c(Cl)nc2cc1OC. The van der Waals surface area contributed by atoms with E-state index in [0.29, 0.717) is 34.2 Å². The standard InChI is InChI=1S/C24H24ClN3O3/c1-14(2)24(29)28-20(15-8-6-5-7-9-15)12-19(27-28)17-10-16-11-21(30-3)22(31-4)13-18(16)26-23(17)25/h5-11,13-14,20H,12H2,1-4H3/t20-/m1/s1. The Hall–Kier alpha value is -3.12. The number of carbonyl (C=O) groups is 1. The van der Waals surface area contributed by atoms with Crippen LogP contribution >= 0.6 is 11.6 Å². The van der Waals surface area contributed by atoms with Gasteiger partial charge in [-0.1, -0.05) is 55.8 Å². The molecule has 1 atom stereocenters. The number of hydrazone groups is 1. The Kier molecular flexibility index (Phi) is 5.83. The lowest BCUT2D eigenvalue weighted by Crippen LogP contribution is -2.30. The first-order chi connectivity index (χ1) is 14.9. The zero-order valence-electron chi connectivity index (χ0n) is 17.9. The average molecular weight is 438 g/mol. The van der Waals surface area contributed by atoms with Gasteiger partial charge in [0.1, 0.15) is 5.15 Å². The van der Waals surface area contributed by atoms with Crippen molar-refractivity contribution in [2.75, 3.05) is 14.2 Å². The second-order valence-corrected chi connectivity index (χ2v) is 8.10. The van der Waals surface area contributed by atoms with E-state index in [0.717, 1.165) is 16.7 Å². The molecule has 0 bridgehead atoms. The van der Waals surface area contributed by atoms with Crippen LogP contribution in [0.3, 0.4) is 0 Å². The zero-order chi connectivity index (χ0) is 22.1. The normalized spacial score (nSPS) is 16.0. The Balaban J connectivity index is 1.79. The van der Waals surface area contributed by atoms with Crippen LogP contribution in [0.1, 0.15) is 37.4 Å². The van der Waals surface area contributed by atoms with E-state index in [4.69, 9.17) is 26.2 Å². The third kappa shape index (κ3) is 3.95. The van der Waals surface area contributed by atoms with Crippen LogP contribution in [-0.4, -0.2) is 35.8 Å². The molecule has 6 nitrogen and oxygen atoms in total. The van der Waals surface area contributed by atoms with Gasteiger partial charge in [0.2, 0.25) is 5.91 Å². The summed E-state index contributed by atoms with van der Waals surface area (Å²) in [6.07, 6.45) is 0.558. The van der Waals surface area contributed by atoms with Crippen LogP contribution in [0.15, 0.2) is 53.6 Å². The maximum atomic E-state index is 12.9. The van der Waals surface area contributed by atoms with Gasteiger partial charge in [-0.15, -0.1) is 0 Å². The minimum Gasteiger partial charge on any atom is -0.493 e. The third-order valence-corrected chi connectivity index (χ3v) is 5.69. The highest BCUT2D eigenvalue weighted by atomic mass is 35.5. The molecule has 7 heteroatoms. The molecule has 2 aromatic carbocycles. The topological polar surface area (TPSA) is 64.0 Å². The molecule has 0 saturated carbocycles. The Bertz CT molecular complexity index is 1160. The third-order valence-electron chi connectivity index (χ3n) is 5.40. The lowest BCUT2D eigenvalue weighted by Gasteiger charge is -2.23. The first-order valence-corrected chi connectivity index (χ1v) is 10.5. The van der Waals surface area contributed by atoms with Crippen molar-refractivity contribution in [3.8, 4) is 11.5 Å². The fourth-order valence-electron chi connectivity index (χ4n) is 3.76. The maximum absolute atomic E-state index is 12.9. The van der Waals surface area contributed by atoms with E-state index >= 15 is 0 Å². The second kappa shape index (κ2) is 8.55. The summed E-state index contributed by atoms with van der Waals surface area (Å²) in [6, 6.07) is 15.3. The molecule has 2 heterocycles. The molecule has 0 N–H and O–H groups in total. The van der Waals surface area contributed by atoms with Gasteiger partial charge in [-0.25, -0.2) is 9.99 Å². The van der Waals surface area contributed by atoms with Crippen LogP contribution < -0.4 is 9.47 Å². The summed E-state index contributed by atoms with van der Waals surface area (Å²) >= 11 is 6.57. The summed E-state index contributed by atoms with van der Waals surface area (Å²) < 4.78 is 10.8. The number of hydrogen-bond acceptors (Lipinski definition) is 5. The van der Waals surface area contributed by atoms with Crippen molar-refractivity contribution in [2.45, 2.75) is 26.3 Å². The number of nitrogens with zero attached hydrogens (tertiary/aromatic N) is 3. The Morgan fingerprint density at radius 3 is 2.42 bits per heavy atom. The summed E-state index contributed by atoms with van der Waals surface area (Å²) in [7, 11) is 3.17. The summed E-state index contributed by atoms with van der Waals surface area (Å²) in [6.45, 7) is 3.75. The molecule has 1 aliphatic heterocycles. The first-order valence-electron chi connectivity index (χ1n) is 10.1. The number of rotatable bonds is 5. The molecule has 3 aromatic rings. The Labute approximate surface area is 186 Å². The summed E-state index contributed by atoms with van der Waals surface area (Å²) in [5.41, 5.74) is 3.17. The van der Waals surface area contributed by atoms with Crippen LogP contribution in [0.4, 0.5) is 0 Å². The smallest absolute Gasteiger partial charge is 0.245 e. The van der Waals surface area contributed by atoms with E-state index in [-0.39, 0.29) is 17.9 Å². The number of pyridine rings is 1. The van der Waals surface area contributed by atoms with E-state index in [1.165, 1.54) is 0 Å². The fourth-order valence-corrected chi connectivity index (χ4v) is 4.01. The molecule has 1 aromatic heterocycles. The summed E-state index contributed by atoms with van der Waals surface area (Å²) in [5.74, 6) is 0.996. The van der Waals surface area contributed by atoms with Crippen LogP contribution in [-0.2, 0) is 4.79 Å². The highest BCUT2D eigenvalue weighted by Gasteiger charge is 2.34. The number of aromatic nitrogens is 1. The van der Waals surface area contributed by atoms with Crippen molar-refractivity contribution < 1.29 is 14.3 Å². The van der Waals surface area contributed by atoms with E-state index in [9.17, 15) is 4.79 Å². The molecule has 4 rings (SSSR count). The lowest BCUT2D eigenvalue weighted by atomic mass is 9.98. The maximum Gasteiger partial charge on any atom is 0.245 e. The van der Waals surface area contributed by atoms with Crippen molar-refractivity contribution in [3.05, 3.63) is 64.8 Å². The van der Waals surface area contributed by atoms with Gasteiger partial charge >= 0.3 is 0 Å². The number of methoxy groups -OCH3 is 2. The van der Waals surface area contributed by atoms with Gasteiger partial charge in [-0.2, -0.15) is 5.10 Å². The number of carbonyl (C=O) groups excluding carboxylic acids is 1. The molecular weight excluding hydrogens is 414 g/mol. The quantitative estimate of drug-likeness (QED) is 0.512. The van der Waals surface area contributed by atoms with Gasteiger partial charge in [-0.3, -0.25) is 4.79 Å². The summed E-state index contributed by atoms with van der Waals surface area (Å²) in [4.78, 5) is 17.4. The predicted molar refractivity (Wildman–Crippen MR) is 122 cm³/mol. The molecule has 0 spiro atoms. The molecule has 1 aliphatic rings. The Morgan fingerprint density at radius 1 is 1.10 bits per heavy atom. The van der Waals surface area contributed by atoms with Crippen LogP contribution in [0.25, 0.3) is 10.9 Å². The van der Waals surface area contributed by atoms with E-state index < -0.39 is 0 Å². The number of halogens is 1. The highest BCUT2D eigenvalue weighted by Crippen LogP contribution is 2.37. The van der Waals surface area contributed by atoms with Crippen LogP contribution in [0.5, 0.6) is 11.5 Å². The lowest BCUT2D eigenvalue weighted by molar-refractivity contribution is -0.136. The average Bonchev–Trinajstić information content (AvgIpc) is 3.22. The minimum atomic E-state index is -0.178. The van der Waals surface area contributed by atoms with Gasteiger partial charge in [0.25, 0.3) is 0 Å². The van der Waals surface area contributed by atoms with Crippen molar-refractivity contribution in [2.24, 2.45) is 11.0 Å². The number of hydrogen-bond donors (Lipinski definition) is 0. The van der Waals surface area contributed by atoms with Gasteiger partial charge in [0.05, 0.1) is 31.5 Å². The first kappa shape index (κ1) is 21.1. The number of amides is 1. The molecule has 160 valence electrons. The predicted octanol–water partition coefficient (Wildman–Crippen LogP) is 5.24. The number of ether oxygens (including phenoxy) is 2. The van der Waals surface area contributed by atoms with E-state index in [2.05, 4.69) is 4.98 Å². The largest absolute Gasteiger partial charge is 0.493 e. The summed E-state index contributed by atoms with van der Waals surface area (Å²) in [5, 5.41) is 7.48. The second-order valence-electron chi connectivity index (χ2n) is 7.74. The number of fused-ring (bicyclic) bond motifs is 1. The fraction of sp³-hybridized carbons (Fsp3) is 0.292. The molecular formula is C24H24ClN3O3. The molecule has 0 fully saturated rings. The Morgan fingerprint density at radius 2 is 1.77 bits per heavy atom. The molecule has 0 unspecified atom stereocenters. The van der Waals surface area contributed by atoms with Crippen molar-refractivity contribution >= 4 is 34.1 Å². The van der Waals surface area contributed by atoms with Crippen LogP contribution in [0, 0.1) is 5.92 Å². The number of benzene rings is 2. The van der Waals surface area contributed by atoms with E-state index in [1.807, 2.05) is 56.3 Å². The molecule has 1 amide bonds. The monoisotopic (exact) mass is 437 g/mol. The van der Waals surface area contributed by atoms with Gasteiger partial charge in [-0.05, 0) is 17.7 Å². The van der Waals surface area contributed by atoms with Gasteiger partial charge in [0.15, 0.2) is 11.5 Å². The minimum absolute atomic E-state index is 0.0277. The zero-order valence-corrected chi connectivity index (χ0v) is 18.7. The van der Waals surface area contributed by atoms with Crippen molar-refractivity contribution in [1.29, 1.82) is 0 Å². The highest BCUT2D eigenvalue weighted by molar-refractivity contribution is 6.33. The molecule has 31 heavy (non-hydrogen) atoms. The van der Waals surface area contributed by atoms with Crippen molar-refractivity contribution in [1.82, 2.24) is 9.99 Å². The van der Waals surface area contributed by atoms with Gasteiger partial charge < -0.3 is 9.47 Å².